The molecule has 8 N–H and O–H groups in total. The fourth-order valence-electron chi connectivity index (χ4n) is 11.0. The average Bonchev–Trinajstić information content (AvgIpc) is 4.17. The molecule has 21 nitrogen and oxygen atoms in total. The van der Waals surface area contributed by atoms with Gasteiger partial charge < -0.3 is 41.3 Å². The summed E-state index contributed by atoms with van der Waals surface area (Å²) in [6.45, 7) is 1.34. The number of hydrogen-bond donors (Lipinski definition) is 7. The van der Waals surface area contributed by atoms with Crippen LogP contribution in [0.25, 0.3) is 16.6 Å². The summed E-state index contributed by atoms with van der Waals surface area (Å²) in [5.74, 6) is -4.70. The van der Waals surface area contributed by atoms with Crippen molar-refractivity contribution >= 4 is 71.5 Å². The monoisotopic (exact) mass is 1150 g/mol. The Balaban J connectivity index is 0.970. The van der Waals surface area contributed by atoms with Crippen LogP contribution >= 0.6 is 7.60 Å². The summed E-state index contributed by atoms with van der Waals surface area (Å²) in [7, 11) is -4.24. The number of hydrogen-bond acceptors (Lipinski definition) is 10. The molecule has 3 aliphatic rings. The highest BCUT2D eigenvalue weighted by Crippen LogP contribution is 2.59. The molecule has 8 amide bonds. The van der Waals surface area contributed by atoms with Gasteiger partial charge in [-0.15, -0.1) is 0 Å². The van der Waals surface area contributed by atoms with Gasteiger partial charge in [-0.05, 0) is 98.2 Å². The maximum Gasteiger partial charge on any atom is 0.399 e. The topological polar surface area (TPSA) is 302 Å². The van der Waals surface area contributed by atoms with Gasteiger partial charge in [0.05, 0.1) is 17.1 Å². The van der Waals surface area contributed by atoms with Crippen molar-refractivity contribution in [3.63, 3.8) is 0 Å². The van der Waals surface area contributed by atoms with Crippen LogP contribution in [0.15, 0.2) is 114 Å². The van der Waals surface area contributed by atoms with Crippen LogP contribution in [0.2, 0.25) is 0 Å². The van der Waals surface area contributed by atoms with E-state index in [-0.39, 0.29) is 86.7 Å². The van der Waals surface area contributed by atoms with E-state index in [9.17, 15) is 66.3 Å². The van der Waals surface area contributed by atoms with Crippen molar-refractivity contribution in [1.29, 1.82) is 0 Å². The fourth-order valence-corrected chi connectivity index (χ4v) is 11.5. The maximum atomic E-state index is 15.0. The summed E-state index contributed by atoms with van der Waals surface area (Å²) < 4.78 is 43.3. The molecule has 4 heterocycles. The first kappa shape index (κ1) is 60.0. The third-order valence-corrected chi connectivity index (χ3v) is 16.4. The van der Waals surface area contributed by atoms with E-state index in [4.69, 9.17) is 5.73 Å². The van der Waals surface area contributed by atoms with E-state index in [0.717, 1.165) is 47.0 Å². The Labute approximate surface area is 470 Å². The standard InChI is InChI=1S/C58H66F2N9O12P/c1-35(37-19-21-40(22-20-37)58(59,60)82(79,80)81)32-50(72)62-43-34-67(51(73)17-11-3-6-12-36-18-25-44-47(33-36)66(2)57(78)69(44)46-27-29-49(71)64-55(46)76)31-30-41-23-26-45(68(41)56(43)77)54(75)63-42(24-28-48(61)70)53(74)65-52(38-13-7-4-8-14-38)39-15-9-5-10-16-39/h4-5,7-10,13-16,18-22,25,32-33,41-43,45-46,52H,3,6,11-12,17,23-24,26-31,34H2,1-2H3,(H2,61,70)(H,62,72)(H,63,75)(H,65,74)(H,64,71,76)(H2,79,80,81)/b35-32+/t41?,42-,43-,45-,46?/m0/s1. The predicted octanol–water partition coefficient (Wildman–Crippen LogP) is 4.48. The number of nitrogens with two attached hydrogens (primary N) is 1. The van der Waals surface area contributed by atoms with Crippen molar-refractivity contribution in [2.24, 2.45) is 12.8 Å². The van der Waals surface area contributed by atoms with Crippen LogP contribution in [-0.2, 0) is 62.1 Å². The van der Waals surface area contributed by atoms with E-state index in [2.05, 4.69) is 21.3 Å². The molecule has 3 aliphatic heterocycles. The number of amides is 8. The van der Waals surface area contributed by atoms with E-state index in [1.165, 1.54) is 25.9 Å². The Morgan fingerprint density at radius 2 is 1.50 bits per heavy atom. The zero-order valence-corrected chi connectivity index (χ0v) is 46.2. The molecule has 1 aromatic heterocycles. The van der Waals surface area contributed by atoms with Crippen LogP contribution in [0.1, 0.15) is 117 Å². The van der Waals surface area contributed by atoms with Gasteiger partial charge in [0.2, 0.25) is 47.3 Å². The quantitative estimate of drug-likeness (QED) is 0.0232. The first-order chi connectivity index (χ1) is 39.0. The highest BCUT2D eigenvalue weighted by Gasteiger charge is 2.50. The summed E-state index contributed by atoms with van der Waals surface area (Å²) in [5, 5.41) is 10.8. The van der Waals surface area contributed by atoms with Gasteiger partial charge in [0, 0.05) is 57.1 Å². The number of primary amides is 1. The normalized spacial score (nSPS) is 19.3. The molecule has 3 fully saturated rings. The van der Waals surface area contributed by atoms with Gasteiger partial charge in [-0.2, -0.15) is 8.78 Å². The number of carbonyl (C=O) groups excluding carboxylic acids is 8. The molecule has 8 rings (SSSR count). The number of piperidine rings is 1. The third-order valence-electron chi connectivity index (χ3n) is 15.5. The Kier molecular flexibility index (Phi) is 18.8. The molecule has 5 aromatic rings. The van der Waals surface area contributed by atoms with Crippen LogP contribution in [0.5, 0.6) is 0 Å². The third kappa shape index (κ3) is 13.8. The van der Waals surface area contributed by atoms with Gasteiger partial charge >= 0.3 is 18.9 Å². The number of nitrogens with one attached hydrogen (secondary N) is 4. The second kappa shape index (κ2) is 25.8. The molecule has 0 radical (unpaired) electrons. The minimum Gasteiger partial charge on any atom is -0.370 e. The number of unbranched alkanes of at least 4 members (excludes halogenated alkanes) is 2. The Hall–Kier alpha value is -8.14. The predicted molar refractivity (Wildman–Crippen MR) is 297 cm³/mol. The van der Waals surface area contributed by atoms with Crippen molar-refractivity contribution in [1.82, 2.24) is 40.2 Å². The van der Waals surface area contributed by atoms with Crippen molar-refractivity contribution in [3.8, 4) is 0 Å². The Bertz CT molecular complexity index is 3350. The molecule has 82 heavy (non-hydrogen) atoms. The van der Waals surface area contributed by atoms with E-state index in [1.54, 1.807) is 13.1 Å². The summed E-state index contributed by atoms with van der Waals surface area (Å²) in [4.78, 5) is 143. The van der Waals surface area contributed by atoms with Gasteiger partial charge in [0.25, 0.3) is 0 Å². The van der Waals surface area contributed by atoms with Crippen LogP contribution in [-0.4, -0.2) is 113 Å². The number of halogens is 2. The lowest BCUT2D eigenvalue weighted by molar-refractivity contribution is -0.147. The highest BCUT2D eigenvalue weighted by atomic mass is 31.2. The molecule has 3 saturated heterocycles. The van der Waals surface area contributed by atoms with Crippen molar-refractivity contribution in [2.45, 2.75) is 126 Å². The number of carbonyl (C=O) groups is 8. The average molecular weight is 1150 g/mol. The van der Waals surface area contributed by atoms with Crippen LogP contribution in [0.4, 0.5) is 8.78 Å². The Morgan fingerprint density at radius 1 is 0.829 bits per heavy atom. The van der Waals surface area contributed by atoms with Gasteiger partial charge in [-0.1, -0.05) is 97.4 Å². The lowest BCUT2D eigenvalue weighted by atomic mass is 9.98. The zero-order valence-electron chi connectivity index (χ0n) is 45.3. The summed E-state index contributed by atoms with van der Waals surface area (Å²) in [6.07, 6.45) is 4.23. The van der Waals surface area contributed by atoms with Crippen LogP contribution in [0, 0.1) is 0 Å². The summed E-state index contributed by atoms with van der Waals surface area (Å²) in [6, 6.07) is 21.9. The molecule has 0 saturated carbocycles. The highest BCUT2D eigenvalue weighted by molar-refractivity contribution is 7.52. The Morgan fingerprint density at radius 3 is 2.13 bits per heavy atom. The largest absolute Gasteiger partial charge is 0.399 e. The molecular formula is C58H66F2N9O12P. The molecule has 434 valence electrons. The number of aromatic nitrogens is 2. The molecular weight excluding hydrogens is 1080 g/mol. The van der Waals surface area contributed by atoms with Crippen molar-refractivity contribution < 1.29 is 61.5 Å². The number of nitrogens with zero attached hydrogens (tertiary/aromatic N) is 4. The van der Waals surface area contributed by atoms with Crippen LogP contribution in [0.3, 0.4) is 0 Å². The zero-order chi connectivity index (χ0) is 59.0. The molecule has 24 heteroatoms. The number of imide groups is 1. The fraction of sp³-hybridized carbons (Fsp3) is 0.397. The molecule has 0 bridgehead atoms. The van der Waals surface area contributed by atoms with Gasteiger partial charge in [-0.3, -0.25) is 57.4 Å². The SMILES string of the molecule is C/C(=C\C(=O)N[C@H]1CN(C(=O)CCCCCc2ccc3c(c2)n(C)c(=O)n3C2CCC(=O)NC2=O)CCC2CC[C@@H](C(=O)N[C@@H](CCC(N)=O)C(=O)NC(c3ccccc3)c3ccccc3)N2C1=O)c1ccc(C(F)(F)P(=O)(O)O)cc1. The van der Waals surface area contributed by atoms with Crippen molar-refractivity contribution in [2.75, 3.05) is 13.1 Å². The van der Waals surface area contributed by atoms with E-state index < -0.39 is 90.5 Å². The first-order valence-electron chi connectivity index (χ1n) is 27.2. The molecule has 2 unspecified atom stereocenters. The van der Waals surface area contributed by atoms with Crippen molar-refractivity contribution in [3.05, 3.63) is 148 Å². The van der Waals surface area contributed by atoms with Gasteiger partial charge in [-0.25, -0.2) is 4.79 Å². The second-order valence-corrected chi connectivity index (χ2v) is 22.7. The minimum absolute atomic E-state index is 0.0941. The van der Waals surface area contributed by atoms with E-state index in [1.807, 2.05) is 72.8 Å². The first-order valence-corrected chi connectivity index (χ1v) is 28.8. The smallest absolute Gasteiger partial charge is 0.370 e. The second-order valence-electron chi connectivity index (χ2n) is 21.1. The lowest BCUT2D eigenvalue weighted by Crippen LogP contribution is -2.62. The maximum absolute atomic E-state index is 15.0. The molecule has 4 aromatic carbocycles. The molecule has 0 spiro atoms. The number of alkyl halides is 2. The summed E-state index contributed by atoms with van der Waals surface area (Å²) >= 11 is 0. The summed E-state index contributed by atoms with van der Waals surface area (Å²) in [5.41, 5.74) is 3.82. The number of imidazole rings is 1. The van der Waals surface area contributed by atoms with E-state index >= 15 is 0 Å². The number of benzene rings is 4. The van der Waals surface area contributed by atoms with E-state index in [0.29, 0.717) is 43.1 Å². The number of rotatable bonds is 21. The van der Waals surface area contributed by atoms with Crippen LogP contribution < -0.4 is 32.7 Å². The molecule has 0 aliphatic carbocycles. The number of fused-ring (bicyclic) bond motifs is 2. The number of allylic oxidation sites excluding steroid dienone is 1. The lowest BCUT2D eigenvalue weighted by Gasteiger charge is -2.39. The number of aryl methyl sites for hydroxylation is 2. The minimum atomic E-state index is -5.86. The van der Waals surface area contributed by atoms with Gasteiger partial charge in [0.1, 0.15) is 24.2 Å². The van der Waals surface area contributed by atoms with Gasteiger partial charge in [0.15, 0.2) is 0 Å². The molecule has 5 atom stereocenters.